The van der Waals surface area contributed by atoms with E-state index in [1.54, 1.807) is 6.92 Å². The van der Waals surface area contributed by atoms with Crippen LogP contribution in [0.3, 0.4) is 0 Å². The van der Waals surface area contributed by atoms with Crippen molar-refractivity contribution in [1.82, 2.24) is 0 Å². The summed E-state index contributed by atoms with van der Waals surface area (Å²) in [5.41, 5.74) is 0.283. The van der Waals surface area contributed by atoms with Crippen molar-refractivity contribution in [3.63, 3.8) is 0 Å². The molecule has 1 aromatic rings. The molecular weight excluding hydrogens is 348 g/mol. The van der Waals surface area contributed by atoms with Crippen LogP contribution in [-0.2, 0) is 4.74 Å². The number of hydrogen-bond donors (Lipinski definition) is 0. The zero-order chi connectivity index (χ0) is 19.1. The third kappa shape index (κ3) is 4.80. The molecule has 0 spiro atoms. The van der Waals surface area contributed by atoms with Crippen LogP contribution in [0.1, 0.15) is 57.9 Å². The van der Waals surface area contributed by atoms with Gasteiger partial charge in [-0.1, -0.05) is 19.8 Å². The first-order valence-corrected chi connectivity index (χ1v) is 8.99. The van der Waals surface area contributed by atoms with Gasteiger partial charge in [0.1, 0.15) is 0 Å². The van der Waals surface area contributed by atoms with E-state index in [-0.39, 0.29) is 18.8 Å². The van der Waals surface area contributed by atoms with Crippen LogP contribution in [0.15, 0.2) is 29.8 Å². The van der Waals surface area contributed by atoms with E-state index in [0.717, 1.165) is 43.4 Å². The predicted octanol–water partition coefficient (Wildman–Crippen LogP) is 6.61. The fraction of sp³-hybridized carbons (Fsp3) is 0.500. The molecule has 6 heteroatoms. The number of hydrogen-bond acceptors (Lipinski definition) is 2. The van der Waals surface area contributed by atoms with Crippen LogP contribution in [0.2, 0.25) is 0 Å². The quantitative estimate of drug-likeness (QED) is 0.377. The monoisotopic (exact) mass is 372 g/mol. The molecule has 0 N–H and O–H groups in total. The van der Waals surface area contributed by atoms with Crippen molar-refractivity contribution < 1.29 is 27.0 Å². The van der Waals surface area contributed by atoms with E-state index >= 15 is 0 Å². The summed E-state index contributed by atoms with van der Waals surface area (Å²) in [6, 6.07) is 2.05. The summed E-state index contributed by atoms with van der Waals surface area (Å²) in [5.74, 6) is -5.82. The molecule has 0 fully saturated rings. The Labute approximate surface area is 151 Å². The van der Waals surface area contributed by atoms with E-state index < -0.39 is 35.0 Å². The highest BCUT2D eigenvalue weighted by Gasteiger charge is 2.27. The smallest absolute Gasteiger partial charge is 0.201 e. The Balaban J connectivity index is 2.14. The van der Waals surface area contributed by atoms with Crippen LogP contribution >= 0.6 is 0 Å². The van der Waals surface area contributed by atoms with Crippen molar-refractivity contribution in [2.45, 2.75) is 58.5 Å². The third-order valence-corrected chi connectivity index (χ3v) is 4.30. The lowest BCUT2D eigenvalue weighted by Gasteiger charge is -2.22. The Morgan fingerprint density at radius 3 is 2.54 bits per heavy atom. The molecule has 1 atom stereocenters. The van der Waals surface area contributed by atoms with Gasteiger partial charge in [-0.2, -0.15) is 4.39 Å². The Hall–Kier alpha value is -1.98. The maximum atomic E-state index is 14.4. The van der Waals surface area contributed by atoms with Gasteiger partial charge < -0.3 is 9.47 Å². The van der Waals surface area contributed by atoms with Gasteiger partial charge in [0.25, 0.3) is 0 Å². The summed E-state index contributed by atoms with van der Waals surface area (Å²) in [6.45, 7) is 3.84. The zero-order valence-electron chi connectivity index (χ0n) is 15.1. The standard InChI is InChI=1S/C20H24F4O2/c1-3-5-6-7-13-8-10-16(26-12-13)20(24)18(22)14-9-11-15(25-4-2)19(23)17(14)21/h9,11-12,16H,3-8,10H2,1-2H3. The summed E-state index contributed by atoms with van der Waals surface area (Å²) in [5, 5.41) is 0. The zero-order valence-corrected chi connectivity index (χ0v) is 15.1. The lowest BCUT2D eigenvalue weighted by atomic mass is 9.99. The minimum atomic E-state index is -1.48. The predicted molar refractivity (Wildman–Crippen MR) is 93.0 cm³/mol. The average molecular weight is 372 g/mol. The number of benzene rings is 1. The van der Waals surface area contributed by atoms with Crippen LogP contribution in [-0.4, -0.2) is 12.7 Å². The Morgan fingerprint density at radius 2 is 1.92 bits per heavy atom. The molecule has 0 bridgehead atoms. The lowest BCUT2D eigenvalue weighted by Crippen LogP contribution is -2.16. The van der Waals surface area contributed by atoms with Gasteiger partial charge in [-0.3, -0.25) is 0 Å². The molecule has 0 amide bonds. The topological polar surface area (TPSA) is 18.5 Å². The first-order chi connectivity index (χ1) is 12.5. The van der Waals surface area contributed by atoms with Crippen LogP contribution in [0.5, 0.6) is 5.75 Å². The van der Waals surface area contributed by atoms with Crippen LogP contribution < -0.4 is 4.74 Å². The Morgan fingerprint density at radius 1 is 1.15 bits per heavy atom. The maximum absolute atomic E-state index is 14.4. The van der Waals surface area contributed by atoms with E-state index in [1.165, 1.54) is 6.26 Å². The second kappa shape index (κ2) is 9.64. The van der Waals surface area contributed by atoms with Crippen LogP contribution in [0.4, 0.5) is 17.6 Å². The molecule has 1 heterocycles. The lowest BCUT2D eigenvalue weighted by molar-refractivity contribution is 0.126. The largest absolute Gasteiger partial charge is 0.491 e. The summed E-state index contributed by atoms with van der Waals surface area (Å²) in [6.07, 6.45) is 5.29. The van der Waals surface area contributed by atoms with Gasteiger partial charge in [0.15, 0.2) is 29.3 Å². The van der Waals surface area contributed by atoms with E-state index in [4.69, 9.17) is 9.47 Å². The summed E-state index contributed by atoms with van der Waals surface area (Å²) < 4.78 is 66.9. The Bertz CT molecular complexity index is 683. The van der Waals surface area contributed by atoms with Crippen LogP contribution in [0, 0.1) is 11.6 Å². The second-order valence-electron chi connectivity index (χ2n) is 6.23. The molecular formula is C20H24F4O2. The molecule has 1 aromatic carbocycles. The highest BCUT2D eigenvalue weighted by atomic mass is 19.2. The highest BCUT2D eigenvalue weighted by Crippen LogP contribution is 2.34. The summed E-state index contributed by atoms with van der Waals surface area (Å²) >= 11 is 0. The minimum absolute atomic E-state index is 0.130. The minimum Gasteiger partial charge on any atom is -0.491 e. The fourth-order valence-corrected chi connectivity index (χ4v) is 2.83. The number of allylic oxidation sites excluding steroid dienone is 1. The Kier molecular flexibility index (Phi) is 7.54. The fourth-order valence-electron chi connectivity index (χ4n) is 2.83. The van der Waals surface area contributed by atoms with Gasteiger partial charge in [0, 0.05) is 0 Å². The molecule has 2 nitrogen and oxygen atoms in total. The third-order valence-electron chi connectivity index (χ3n) is 4.30. The van der Waals surface area contributed by atoms with E-state index in [9.17, 15) is 17.6 Å². The van der Waals surface area contributed by atoms with Crippen molar-refractivity contribution >= 4 is 5.83 Å². The van der Waals surface area contributed by atoms with E-state index in [1.807, 2.05) is 0 Å². The molecule has 1 aliphatic heterocycles. The van der Waals surface area contributed by atoms with Gasteiger partial charge >= 0.3 is 0 Å². The van der Waals surface area contributed by atoms with Gasteiger partial charge in [0.2, 0.25) is 5.82 Å². The average Bonchev–Trinajstić information content (AvgIpc) is 2.65. The first kappa shape index (κ1) is 20.3. The summed E-state index contributed by atoms with van der Waals surface area (Å²) in [7, 11) is 0. The normalized spacial score (nSPS) is 18.1. The molecule has 26 heavy (non-hydrogen) atoms. The molecule has 1 unspecified atom stereocenters. The molecule has 2 rings (SSSR count). The number of unbranched alkanes of at least 4 members (excludes halogenated alkanes) is 2. The van der Waals surface area contributed by atoms with Crippen LogP contribution in [0.25, 0.3) is 5.83 Å². The molecule has 0 saturated carbocycles. The number of halogens is 4. The second-order valence-corrected chi connectivity index (χ2v) is 6.23. The number of rotatable bonds is 8. The van der Waals surface area contributed by atoms with Gasteiger partial charge in [-0.15, -0.1) is 0 Å². The van der Waals surface area contributed by atoms with Crippen molar-refractivity contribution in [2.75, 3.05) is 6.61 Å². The van der Waals surface area contributed by atoms with Gasteiger partial charge in [0.05, 0.1) is 18.4 Å². The van der Waals surface area contributed by atoms with E-state index in [0.29, 0.717) is 6.42 Å². The molecule has 0 radical (unpaired) electrons. The van der Waals surface area contributed by atoms with Crippen molar-refractivity contribution in [2.24, 2.45) is 0 Å². The first-order valence-electron chi connectivity index (χ1n) is 8.99. The van der Waals surface area contributed by atoms with Gasteiger partial charge in [-0.05, 0) is 50.3 Å². The highest BCUT2D eigenvalue weighted by molar-refractivity contribution is 5.63. The van der Waals surface area contributed by atoms with Gasteiger partial charge in [-0.25, -0.2) is 13.2 Å². The molecule has 0 aliphatic carbocycles. The number of ether oxygens (including phenoxy) is 2. The maximum Gasteiger partial charge on any atom is 0.201 e. The van der Waals surface area contributed by atoms with E-state index in [2.05, 4.69) is 6.92 Å². The van der Waals surface area contributed by atoms with Crippen molar-refractivity contribution in [3.8, 4) is 5.75 Å². The molecule has 0 aromatic heterocycles. The molecule has 1 aliphatic rings. The van der Waals surface area contributed by atoms with Crippen molar-refractivity contribution in [1.29, 1.82) is 0 Å². The molecule has 0 saturated heterocycles. The summed E-state index contributed by atoms with van der Waals surface area (Å²) in [4.78, 5) is 0. The van der Waals surface area contributed by atoms with Crippen molar-refractivity contribution in [3.05, 3.63) is 47.0 Å². The molecule has 144 valence electrons. The SMILES string of the molecule is CCCCCC1=COC(C(F)=C(F)c2ccc(OCC)c(F)c2F)CC1.